The maximum atomic E-state index is 10.9. The second-order valence-corrected chi connectivity index (χ2v) is 3.76. The molecule has 1 heterocycles. The highest BCUT2D eigenvalue weighted by Crippen LogP contribution is 2.19. The molecule has 16 heavy (non-hydrogen) atoms. The van der Waals surface area contributed by atoms with Crippen LogP contribution in [0, 0.1) is 11.8 Å². The zero-order valence-corrected chi connectivity index (χ0v) is 9.84. The van der Waals surface area contributed by atoms with Crippen molar-refractivity contribution in [1.29, 1.82) is 0 Å². The lowest BCUT2D eigenvalue weighted by molar-refractivity contribution is 0.0699. The summed E-state index contributed by atoms with van der Waals surface area (Å²) < 4.78 is 0. The molecule has 0 aliphatic heterocycles. The van der Waals surface area contributed by atoms with Crippen LogP contribution in [0.1, 0.15) is 15.9 Å². The number of hydrogen-bond acceptors (Lipinski definition) is 1. The number of rotatable bonds is 1. The van der Waals surface area contributed by atoms with Crippen LogP contribution in [0.5, 0.6) is 0 Å². The first-order valence-electron chi connectivity index (χ1n) is 4.61. The third kappa shape index (κ3) is 1.95. The Morgan fingerprint density at radius 2 is 2.31 bits per heavy atom. The Morgan fingerprint density at radius 3 is 3.00 bits per heavy atom. The first-order chi connectivity index (χ1) is 7.72. The van der Waals surface area contributed by atoms with Gasteiger partial charge in [0.1, 0.15) is 0 Å². The van der Waals surface area contributed by atoms with Crippen LogP contribution in [0.15, 0.2) is 24.4 Å². The molecule has 2 aromatic rings. The van der Waals surface area contributed by atoms with Gasteiger partial charge in [0.25, 0.3) is 0 Å². The van der Waals surface area contributed by atoms with E-state index in [9.17, 15) is 4.79 Å². The SMILES string of the molecule is O=C(O)c1c[nH]c2ccc(C#CCBr)cc12. The van der Waals surface area contributed by atoms with E-state index >= 15 is 0 Å². The molecule has 1 aromatic heterocycles. The lowest BCUT2D eigenvalue weighted by atomic mass is 10.1. The van der Waals surface area contributed by atoms with Crippen molar-refractivity contribution in [3.63, 3.8) is 0 Å². The third-order valence-corrected chi connectivity index (χ3v) is 2.49. The molecule has 2 N–H and O–H groups in total. The molecule has 0 radical (unpaired) electrons. The van der Waals surface area contributed by atoms with Crippen LogP contribution in [0.2, 0.25) is 0 Å². The highest BCUT2D eigenvalue weighted by Gasteiger charge is 2.09. The van der Waals surface area contributed by atoms with Crippen molar-refractivity contribution in [3.8, 4) is 11.8 Å². The van der Waals surface area contributed by atoms with E-state index in [1.54, 1.807) is 6.07 Å². The summed E-state index contributed by atoms with van der Waals surface area (Å²) in [6.45, 7) is 0. The monoisotopic (exact) mass is 277 g/mol. The summed E-state index contributed by atoms with van der Waals surface area (Å²) in [6, 6.07) is 5.48. The zero-order valence-electron chi connectivity index (χ0n) is 8.25. The van der Waals surface area contributed by atoms with Crippen molar-refractivity contribution in [2.24, 2.45) is 0 Å². The predicted octanol–water partition coefficient (Wildman–Crippen LogP) is 2.61. The minimum absolute atomic E-state index is 0.275. The van der Waals surface area contributed by atoms with E-state index in [2.05, 4.69) is 32.8 Å². The van der Waals surface area contributed by atoms with Gasteiger partial charge in [-0.15, -0.1) is 0 Å². The maximum absolute atomic E-state index is 10.9. The fourth-order valence-corrected chi connectivity index (χ4v) is 1.65. The molecule has 0 aliphatic carbocycles. The summed E-state index contributed by atoms with van der Waals surface area (Å²) in [5.41, 5.74) is 1.90. The van der Waals surface area contributed by atoms with Gasteiger partial charge in [0.05, 0.1) is 10.9 Å². The normalized spacial score (nSPS) is 9.81. The molecule has 0 spiro atoms. The quantitative estimate of drug-likeness (QED) is 0.622. The van der Waals surface area contributed by atoms with Gasteiger partial charge < -0.3 is 10.1 Å². The number of fused-ring (bicyclic) bond motifs is 1. The second kappa shape index (κ2) is 4.42. The van der Waals surface area contributed by atoms with Crippen molar-refractivity contribution < 1.29 is 9.90 Å². The van der Waals surface area contributed by atoms with Crippen molar-refractivity contribution in [1.82, 2.24) is 4.98 Å². The minimum atomic E-state index is -0.933. The molecule has 0 aliphatic rings. The molecular formula is C12H8BrNO2. The van der Waals surface area contributed by atoms with E-state index < -0.39 is 5.97 Å². The number of hydrogen-bond donors (Lipinski definition) is 2. The van der Waals surface area contributed by atoms with E-state index in [-0.39, 0.29) is 5.56 Å². The van der Waals surface area contributed by atoms with Crippen LogP contribution in [0.4, 0.5) is 0 Å². The Labute approximate surface area is 101 Å². The van der Waals surface area contributed by atoms with Crippen molar-refractivity contribution in [2.45, 2.75) is 0 Å². The summed E-state index contributed by atoms with van der Waals surface area (Å²) in [6.07, 6.45) is 1.49. The third-order valence-electron chi connectivity index (χ3n) is 2.21. The van der Waals surface area contributed by atoms with Gasteiger partial charge in [0, 0.05) is 22.7 Å². The Bertz CT molecular complexity index is 604. The van der Waals surface area contributed by atoms with Crippen molar-refractivity contribution in [2.75, 3.05) is 5.33 Å². The lowest BCUT2D eigenvalue weighted by Gasteiger charge is -1.94. The van der Waals surface area contributed by atoms with E-state index in [4.69, 9.17) is 5.11 Å². The summed E-state index contributed by atoms with van der Waals surface area (Å²) in [5.74, 6) is 4.88. The number of nitrogens with one attached hydrogen (secondary N) is 1. The van der Waals surface area contributed by atoms with Gasteiger partial charge >= 0.3 is 5.97 Å². The Hall–Kier alpha value is -1.73. The summed E-state index contributed by atoms with van der Waals surface area (Å²) in [7, 11) is 0. The molecule has 80 valence electrons. The second-order valence-electron chi connectivity index (χ2n) is 3.20. The smallest absolute Gasteiger partial charge is 0.337 e. The van der Waals surface area contributed by atoms with Crippen molar-refractivity contribution >= 4 is 32.8 Å². The molecule has 0 saturated carbocycles. The minimum Gasteiger partial charge on any atom is -0.478 e. The number of H-pyrrole nitrogens is 1. The van der Waals surface area contributed by atoms with Gasteiger partial charge in [0.2, 0.25) is 0 Å². The molecular weight excluding hydrogens is 270 g/mol. The topological polar surface area (TPSA) is 53.1 Å². The Morgan fingerprint density at radius 1 is 1.50 bits per heavy atom. The van der Waals surface area contributed by atoms with Crippen molar-refractivity contribution in [3.05, 3.63) is 35.5 Å². The summed E-state index contributed by atoms with van der Waals surface area (Å²) in [4.78, 5) is 13.9. The lowest BCUT2D eigenvalue weighted by Crippen LogP contribution is -1.93. The summed E-state index contributed by atoms with van der Waals surface area (Å²) >= 11 is 3.21. The first kappa shape index (κ1) is 10.8. The largest absolute Gasteiger partial charge is 0.478 e. The molecule has 0 atom stereocenters. The average Bonchev–Trinajstić information content (AvgIpc) is 2.69. The van der Waals surface area contributed by atoms with E-state index in [1.165, 1.54) is 6.20 Å². The number of carboxylic acids is 1. The number of aromatic carboxylic acids is 1. The average molecular weight is 278 g/mol. The molecule has 0 unspecified atom stereocenters. The van der Waals surface area contributed by atoms with Gasteiger partial charge in [-0.25, -0.2) is 4.79 Å². The standard InChI is InChI=1S/C12H8BrNO2/c13-5-1-2-8-3-4-11-9(6-8)10(7-14-11)12(15)16/h3-4,6-7,14H,5H2,(H,15,16). The number of carboxylic acid groups (broad SMARTS) is 1. The molecule has 0 amide bonds. The molecule has 0 bridgehead atoms. The highest BCUT2D eigenvalue weighted by molar-refractivity contribution is 9.09. The number of benzene rings is 1. The predicted molar refractivity (Wildman–Crippen MR) is 65.9 cm³/mol. The number of alkyl halides is 1. The van der Waals surface area contributed by atoms with Crippen LogP contribution >= 0.6 is 15.9 Å². The van der Waals surface area contributed by atoms with Gasteiger partial charge in [-0.2, -0.15) is 0 Å². The van der Waals surface area contributed by atoms with Crippen LogP contribution in [-0.2, 0) is 0 Å². The van der Waals surface area contributed by atoms with Gasteiger partial charge in [-0.1, -0.05) is 27.8 Å². The molecule has 0 saturated heterocycles. The zero-order chi connectivity index (χ0) is 11.5. The fraction of sp³-hybridized carbons (Fsp3) is 0.0833. The highest BCUT2D eigenvalue weighted by atomic mass is 79.9. The molecule has 2 rings (SSSR count). The number of carbonyl (C=O) groups is 1. The van der Waals surface area contributed by atoms with E-state index in [0.717, 1.165) is 11.1 Å². The summed E-state index contributed by atoms with van der Waals surface area (Å²) in [5, 5.41) is 10.3. The van der Waals surface area contributed by atoms with Crippen LogP contribution < -0.4 is 0 Å². The Balaban J connectivity index is 2.58. The molecule has 1 aromatic carbocycles. The van der Waals surface area contributed by atoms with Gasteiger partial charge in [0.15, 0.2) is 0 Å². The maximum Gasteiger partial charge on any atom is 0.337 e. The first-order valence-corrected chi connectivity index (χ1v) is 5.74. The van der Waals surface area contributed by atoms with Crippen LogP contribution in [0.3, 0.4) is 0 Å². The molecule has 4 heteroatoms. The molecule has 0 fully saturated rings. The fourth-order valence-electron chi connectivity index (χ4n) is 1.51. The number of halogens is 1. The molecule has 3 nitrogen and oxygen atoms in total. The van der Waals surface area contributed by atoms with Gasteiger partial charge in [-0.3, -0.25) is 0 Å². The number of aromatic nitrogens is 1. The van der Waals surface area contributed by atoms with Gasteiger partial charge in [-0.05, 0) is 18.2 Å². The van der Waals surface area contributed by atoms with Crippen LogP contribution in [0.25, 0.3) is 10.9 Å². The Kier molecular flexibility index (Phi) is 2.97. The van der Waals surface area contributed by atoms with E-state index in [1.807, 2.05) is 12.1 Å². The number of aromatic amines is 1. The van der Waals surface area contributed by atoms with E-state index in [0.29, 0.717) is 10.7 Å². The van der Waals surface area contributed by atoms with Crippen LogP contribution in [-0.4, -0.2) is 21.4 Å².